The number of piperazine rings is 1. The van der Waals surface area contributed by atoms with Crippen LogP contribution in [0.25, 0.3) is 5.52 Å². The van der Waals surface area contributed by atoms with Gasteiger partial charge in [0.1, 0.15) is 11.4 Å². The number of aryl methyl sites for hydroxylation is 2. The Morgan fingerprint density at radius 2 is 1.87 bits per heavy atom. The molecule has 2 aliphatic rings. The summed E-state index contributed by atoms with van der Waals surface area (Å²) < 4.78 is 7.48. The minimum absolute atomic E-state index is 0.202. The van der Waals surface area contributed by atoms with Crippen LogP contribution in [-0.2, 0) is 11.2 Å². The maximum Gasteiger partial charge on any atom is 0.410 e. The second kappa shape index (κ2) is 9.18. The van der Waals surface area contributed by atoms with Gasteiger partial charge in [0.25, 0.3) is 0 Å². The van der Waals surface area contributed by atoms with Crippen molar-refractivity contribution in [2.45, 2.75) is 66.0 Å². The van der Waals surface area contributed by atoms with Crippen LogP contribution in [-0.4, -0.2) is 68.9 Å². The molecule has 5 heterocycles. The summed E-state index contributed by atoms with van der Waals surface area (Å²) >= 11 is 0. The van der Waals surface area contributed by atoms with Gasteiger partial charge in [-0.1, -0.05) is 0 Å². The van der Waals surface area contributed by atoms with Gasteiger partial charge in [0, 0.05) is 55.5 Å². The van der Waals surface area contributed by atoms with Crippen LogP contribution in [0.15, 0.2) is 30.6 Å². The van der Waals surface area contributed by atoms with Crippen LogP contribution in [0.2, 0.25) is 0 Å². The molecular formula is C28H37N7O3. The summed E-state index contributed by atoms with van der Waals surface area (Å²) in [5, 5.41) is 7.52. The third-order valence-electron chi connectivity index (χ3n) is 7.11. The summed E-state index contributed by atoms with van der Waals surface area (Å²) in [6.45, 7) is 16.1. The summed E-state index contributed by atoms with van der Waals surface area (Å²) in [5.41, 5.74) is 4.70. The lowest BCUT2D eigenvalue weighted by Crippen LogP contribution is -2.62. The van der Waals surface area contributed by atoms with Crippen molar-refractivity contribution in [2.75, 3.05) is 41.3 Å². The van der Waals surface area contributed by atoms with Crippen LogP contribution >= 0.6 is 0 Å². The first-order chi connectivity index (χ1) is 17.8. The van der Waals surface area contributed by atoms with Gasteiger partial charge in [-0.3, -0.25) is 9.80 Å². The van der Waals surface area contributed by atoms with Gasteiger partial charge in [0.15, 0.2) is 0 Å². The molecule has 10 heteroatoms. The highest BCUT2D eigenvalue weighted by molar-refractivity contribution is 6.03. The van der Waals surface area contributed by atoms with Gasteiger partial charge >= 0.3 is 12.1 Å². The van der Waals surface area contributed by atoms with Gasteiger partial charge in [-0.2, -0.15) is 5.10 Å². The summed E-state index contributed by atoms with van der Waals surface area (Å²) in [6.07, 6.45) is 4.12. The average Bonchev–Trinajstić information content (AvgIpc) is 3.39. The van der Waals surface area contributed by atoms with Crippen molar-refractivity contribution in [3.05, 3.63) is 47.4 Å². The maximum absolute atomic E-state index is 13.4. The normalized spacial score (nSPS) is 17.1. The first-order valence-electron chi connectivity index (χ1n) is 13.1. The molecule has 2 aliphatic heterocycles. The van der Waals surface area contributed by atoms with Crippen molar-refractivity contribution in [3.63, 3.8) is 0 Å². The smallest absolute Gasteiger partial charge is 0.410 e. The Hall–Kier alpha value is -3.82. The molecular weight excluding hydrogens is 482 g/mol. The number of pyridine rings is 2. The molecule has 1 N–H and O–H groups in total. The summed E-state index contributed by atoms with van der Waals surface area (Å²) in [6, 6.07) is 5.74. The number of anilines is 3. The molecule has 0 spiro atoms. The standard InChI is InChI=1S/C28H37N7O3/c1-18-16-35-20(14-19(2)31-35)15-22(18)30-25(36)33-11-9-21-23(8-10-29-24(21)33)32-12-13-34(28(6,7)17-32)26(37)38-27(3,4)5/h8,10,14-16H,9,11-13,17H2,1-7H3,(H,30,36). The maximum atomic E-state index is 13.4. The monoisotopic (exact) mass is 519 g/mol. The number of amides is 3. The molecule has 202 valence electrons. The fourth-order valence-electron chi connectivity index (χ4n) is 5.36. The van der Waals surface area contributed by atoms with Crippen molar-refractivity contribution < 1.29 is 14.3 Å². The molecule has 0 unspecified atom stereocenters. The quantitative estimate of drug-likeness (QED) is 0.524. The molecule has 5 rings (SSSR count). The molecule has 3 aromatic heterocycles. The minimum atomic E-state index is -0.539. The Labute approximate surface area is 223 Å². The Kier molecular flexibility index (Phi) is 6.24. The molecule has 1 saturated heterocycles. The van der Waals surface area contributed by atoms with Gasteiger partial charge in [0.05, 0.1) is 16.7 Å². The largest absolute Gasteiger partial charge is 0.444 e. The molecule has 0 saturated carbocycles. The second-order valence-corrected chi connectivity index (χ2v) is 11.9. The van der Waals surface area contributed by atoms with E-state index in [1.807, 2.05) is 68.4 Å². The van der Waals surface area contributed by atoms with Crippen LogP contribution in [0.4, 0.5) is 26.8 Å². The zero-order valence-corrected chi connectivity index (χ0v) is 23.3. The van der Waals surface area contributed by atoms with E-state index >= 15 is 0 Å². The molecule has 0 radical (unpaired) electrons. The number of fused-ring (bicyclic) bond motifs is 2. The number of carbonyl (C=O) groups is 2. The lowest BCUT2D eigenvalue weighted by molar-refractivity contribution is 0.000364. The van der Waals surface area contributed by atoms with E-state index in [4.69, 9.17) is 4.74 Å². The van der Waals surface area contributed by atoms with Gasteiger partial charge in [-0.25, -0.2) is 19.1 Å². The van der Waals surface area contributed by atoms with E-state index in [-0.39, 0.29) is 12.1 Å². The number of hydrogen-bond acceptors (Lipinski definition) is 6. The van der Waals surface area contributed by atoms with Crippen LogP contribution < -0.4 is 15.1 Å². The van der Waals surface area contributed by atoms with Gasteiger partial charge < -0.3 is 15.0 Å². The molecule has 0 aliphatic carbocycles. The summed E-state index contributed by atoms with van der Waals surface area (Å²) in [7, 11) is 0. The SMILES string of the molecule is Cc1cc2cc(NC(=O)N3CCc4c(N5CCN(C(=O)OC(C)(C)C)C(C)(C)C5)ccnc43)c(C)cn2n1. The van der Waals surface area contributed by atoms with Crippen LogP contribution in [0.5, 0.6) is 0 Å². The molecule has 10 nitrogen and oxygen atoms in total. The highest BCUT2D eigenvalue weighted by Crippen LogP contribution is 2.36. The van der Waals surface area contributed by atoms with E-state index in [1.165, 1.54) is 0 Å². The highest BCUT2D eigenvalue weighted by Gasteiger charge is 2.40. The molecule has 0 aromatic carbocycles. The number of nitrogens with one attached hydrogen (secondary N) is 1. The summed E-state index contributed by atoms with van der Waals surface area (Å²) in [5.74, 6) is 0.686. The van der Waals surface area contributed by atoms with Crippen LogP contribution in [0, 0.1) is 13.8 Å². The zero-order valence-electron chi connectivity index (χ0n) is 23.3. The van der Waals surface area contributed by atoms with Gasteiger partial charge in [-0.05, 0) is 78.6 Å². The van der Waals surface area contributed by atoms with Gasteiger partial charge in [-0.15, -0.1) is 0 Å². The van der Waals surface area contributed by atoms with Crippen LogP contribution in [0.3, 0.4) is 0 Å². The molecule has 3 aromatic rings. The number of carbonyl (C=O) groups excluding carboxylic acids is 2. The van der Waals surface area contributed by atoms with E-state index in [2.05, 4.69) is 34.1 Å². The Morgan fingerprint density at radius 3 is 2.58 bits per heavy atom. The van der Waals surface area contributed by atoms with Crippen LogP contribution in [0.1, 0.15) is 51.4 Å². The molecule has 3 amide bonds. The molecule has 0 atom stereocenters. The van der Waals surface area contributed by atoms with Crippen molar-refractivity contribution >= 4 is 34.8 Å². The number of hydrogen-bond donors (Lipinski definition) is 1. The number of ether oxygens (including phenoxy) is 1. The number of aromatic nitrogens is 3. The van der Waals surface area contributed by atoms with E-state index in [0.717, 1.165) is 40.1 Å². The highest BCUT2D eigenvalue weighted by atomic mass is 16.6. The number of nitrogens with zero attached hydrogens (tertiary/aromatic N) is 6. The summed E-state index contributed by atoms with van der Waals surface area (Å²) in [4.78, 5) is 36.6. The molecule has 0 bridgehead atoms. The predicted molar refractivity (Wildman–Crippen MR) is 148 cm³/mol. The van der Waals surface area contributed by atoms with E-state index in [9.17, 15) is 9.59 Å². The number of rotatable bonds is 2. The van der Waals surface area contributed by atoms with E-state index in [0.29, 0.717) is 32.0 Å². The number of urea groups is 1. The topological polar surface area (TPSA) is 95.3 Å². The third kappa shape index (κ3) is 4.87. The van der Waals surface area contributed by atoms with Crippen molar-refractivity contribution in [1.82, 2.24) is 19.5 Å². The lowest BCUT2D eigenvalue weighted by Gasteiger charge is -2.48. The Bertz CT molecular complexity index is 1410. The predicted octanol–water partition coefficient (Wildman–Crippen LogP) is 4.78. The lowest BCUT2D eigenvalue weighted by atomic mass is 9.98. The van der Waals surface area contributed by atoms with E-state index < -0.39 is 11.1 Å². The molecule has 38 heavy (non-hydrogen) atoms. The first-order valence-corrected chi connectivity index (χ1v) is 13.1. The van der Waals surface area contributed by atoms with Crippen molar-refractivity contribution in [3.8, 4) is 0 Å². The Balaban J connectivity index is 1.34. The fourth-order valence-corrected chi connectivity index (χ4v) is 5.36. The second-order valence-electron chi connectivity index (χ2n) is 11.9. The third-order valence-corrected chi connectivity index (χ3v) is 7.11. The Morgan fingerprint density at radius 1 is 1.11 bits per heavy atom. The average molecular weight is 520 g/mol. The van der Waals surface area contributed by atoms with Crippen molar-refractivity contribution in [1.29, 1.82) is 0 Å². The molecule has 1 fully saturated rings. The zero-order chi connectivity index (χ0) is 27.4. The van der Waals surface area contributed by atoms with Gasteiger partial charge in [0.2, 0.25) is 0 Å². The fraction of sp³-hybridized carbons (Fsp3) is 0.500. The van der Waals surface area contributed by atoms with E-state index in [1.54, 1.807) is 11.1 Å². The first kappa shape index (κ1) is 25.8. The minimum Gasteiger partial charge on any atom is -0.444 e. The van der Waals surface area contributed by atoms with Crippen molar-refractivity contribution in [2.24, 2.45) is 0 Å².